The first kappa shape index (κ1) is 11.2. The van der Waals surface area contributed by atoms with E-state index in [9.17, 15) is 28.1 Å². The molecule has 0 spiro atoms. The third kappa shape index (κ3) is 2.52. The molecule has 0 unspecified atom stereocenters. The van der Waals surface area contributed by atoms with Crippen molar-refractivity contribution in [3.63, 3.8) is 0 Å². The topological polar surface area (TPSA) is 60.2 Å². The maximum absolute atomic E-state index is 12.9. The molecule has 0 bridgehead atoms. The molecular weight excluding hydrogens is 215 g/mol. The first-order chi connectivity index (χ1) is 6.91. The zero-order valence-corrected chi connectivity index (χ0v) is 7.17. The fraction of sp³-hybridized carbons (Fsp3) is 0.125. The summed E-state index contributed by atoms with van der Waals surface area (Å²) in [6.07, 6.45) is 0. The van der Waals surface area contributed by atoms with Crippen LogP contribution in [-0.2, 0) is 0 Å². The van der Waals surface area contributed by atoms with Crippen LogP contribution in [0.3, 0.4) is 0 Å². The molecular formula is C8H4F3NO3. The summed E-state index contributed by atoms with van der Waals surface area (Å²) in [6, 6.07) is 0.471. The van der Waals surface area contributed by atoms with Crippen LogP contribution in [0.5, 0.6) is 0 Å². The minimum absolute atomic E-state index is 0.169. The second-order valence-corrected chi connectivity index (χ2v) is 2.66. The molecule has 0 amide bonds. The second kappa shape index (κ2) is 4.07. The monoisotopic (exact) mass is 219 g/mol. The lowest BCUT2D eigenvalue weighted by atomic mass is 10.1. The maximum atomic E-state index is 12.9. The highest BCUT2D eigenvalue weighted by molar-refractivity contribution is 5.97. The summed E-state index contributed by atoms with van der Waals surface area (Å²) in [5.74, 6) is -5.41. The van der Waals surface area contributed by atoms with Gasteiger partial charge in [-0.25, -0.2) is 13.2 Å². The highest BCUT2D eigenvalue weighted by atomic mass is 19.2. The molecule has 0 radical (unpaired) electrons. The van der Waals surface area contributed by atoms with E-state index in [2.05, 4.69) is 0 Å². The van der Waals surface area contributed by atoms with Gasteiger partial charge < -0.3 is 0 Å². The van der Waals surface area contributed by atoms with Crippen molar-refractivity contribution in [1.82, 2.24) is 0 Å². The molecule has 4 nitrogen and oxygen atoms in total. The van der Waals surface area contributed by atoms with Gasteiger partial charge in [0.05, 0.1) is 5.56 Å². The van der Waals surface area contributed by atoms with Gasteiger partial charge in [-0.15, -0.1) is 0 Å². The van der Waals surface area contributed by atoms with Crippen molar-refractivity contribution >= 4 is 5.78 Å². The summed E-state index contributed by atoms with van der Waals surface area (Å²) in [5, 5.41) is 9.94. The largest absolute Gasteiger partial charge is 0.287 e. The van der Waals surface area contributed by atoms with Gasteiger partial charge in [0.25, 0.3) is 6.54 Å². The minimum Gasteiger partial charge on any atom is -0.287 e. The van der Waals surface area contributed by atoms with Crippen molar-refractivity contribution in [1.29, 1.82) is 0 Å². The number of halogens is 3. The summed E-state index contributed by atoms with van der Waals surface area (Å²) in [7, 11) is 0. The van der Waals surface area contributed by atoms with E-state index in [1.54, 1.807) is 0 Å². The molecule has 0 aliphatic heterocycles. The molecule has 1 aromatic rings. The Labute approximate surface area is 81.5 Å². The quantitative estimate of drug-likeness (QED) is 0.335. The maximum Gasteiger partial charge on any atom is 0.265 e. The van der Waals surface area contributed by atoms with Crippen LogP contribution in [0.1, 0.15) is 10.4 Å². The molecule has 0 saturated heterocycles. The molecule has 0 N–H and O–H groups in total. The number of ketones is 1. The number of carbonyl (C=O) groups excluding carboxylic acids is 1. The predicted molar refractivity (Wildman–Crippen MR) is 42.5 cm³/mol. The first-order valence-electron chi connectivity index (χ1n) is 3.71. The average Bonchev–Trinajstić information content (AvgIpc) is 2.09. The van der Waals surface area contributed by atoms with Crippen molar-refractivity contribution < 1.29 is 22.9 Å². The predicted octanol–water partition coefficient (Wildman–Crippen LogP) is 1.56. The lowest BCUT2D eigenvalue weighted by molar-refractivity contribution is -0.465. The number of carbonyl (C=O) groups is 1. The Hall–Kier alpha value is -1.92. The van der Waals surface area contributed by atoms with Crippen LogP contribution < -0.4 is 0 Å². The van der Waals surface area contributed by atoms with E-state index in [1.165, 1.54) is 0 Å². The molecule has 7 heteroatoms. The van der Waals surface area contributed by atoms with E-state index in [0.717, 1.165) is 0 Å². The fourth-order valence-electron chi connectivity index (χ4n) is 0.939. The lowest BCUT2D eigenvalue weighted by Crippen LogP contribution is -2.15. The molecule has 0 fully saturated rings. The van der Waals surface area contributed by atoms with E-state index >= 15 is 0 Å². The van der Waals surface area contributed by atoms with Gasteiger partial charge in [0.2, 0.25) is 5.78 Å². The molecule has 0 heterocycles. The van der Waals surface area contributed by atoms with Crippen molar-refractivity contribution in [3.05, 3.63) is 45.3 Å². The second-order valence-electron chi connectivity index (χ2n) is 2.66. The van der Waals surface area contributed by atoms with Crippen molar-refractivity contribution in [2.24, 2.45) is 0 Å². The number of rotatable bonds is 3. The highest BCUT2D eigenvalue weighted by Crippen LogP contribution is 2.14. The third-order valence-corrected chi connectivity index (χ3v) is 1.58. The SMILES string of the molecule is O=C(C[N+](=O)[O-])c1cc(F)c(F)cc1F. The van der Waals surface area contributed by atoms with Gasteiger partial charge in [-0.1, -0.05) is 0 Å². The minimum atomic E-state index is -1.45. The van der Waals surface area contributed by atoms with Gasteiger partial charge >= 0.3 is 0 Å². The van der Waals surface area contributed by atoms with Gasteiger partial charge in [0, 0.05) is 11.0 Å². The van der Waals surface area contributed by atoms with Crippen LogP contribution in [0, 0.1) is 27.6 Å². The molecule has 1 aromatic carbocycles. The Morgan fingerprint density at radius 1 is 1.20 bits per heavy atom. The molecule has 0 aliphatic rings. The van der Waals surface area contributed by atoms with E-state index in [-0.39, 0.29) is 6.07 Å². The van der Waals surface area contributed by atoms with E-state index in [0.29, 0.717) is 6.07 Å². The Balaban J connectivity index is 3.09. The summed E-state index contributed by atoms with van der Waals surface area (Å²) >= 11 is 0. The molecule has 0 atom stereocenters. The summed E-state index contributed by atoms with van der Waals surface area (Å²) in [4.78, 5) is 19.9. The zero-order valence-electron chi connectivity index (χ0n) is 7.17. The van der Waals surface area contributed by atoms with Crippen LogP contribution >= 0.6 is 0 Å². The molecule has 1 rings (SSSR count). The smallest absolute Gasteiger partial charge is 0.265 e. The number of nitrogens with zero attached hydrogens (tertiary/aromatic N) is 1. The number of benzene rings is 1. The Bertz CT molecular complexity index is 433. The van der Waals surface area contributed by atoms with Crippen LogP contribution in [0.2, 0.25) is 0 Å². The molecule has 0 aliphatic carbocycles. The highest BCUT2D eigenvalue weighted by Gasteiger charge is 2.19. The number of Topliss-reactive ketones (excluding diaryl/α,β-unsaturated/α-hetero) is 1. The lowest BCUT2D eigenvalue weighted by Gasteiger charge is -2.00. The summed E-state index contributed by atoms with van der Waals surface area (Å²) < 4.78 is 37.9. The molecule has 0 aromatic heterocycles. The van der Waals surface area contributed by atoms with E-state index < -0.39 is 40.3 Å². The van der Waals surface area contributed by atoms with Crippen LogP contribution in [0.4, 0.5) is 13.2 Å². The molecule has 15 heavy (non-hydrogen) atoms. The van der Waals surface area contributed by atoms with E-state index in [1.807, 2.05) is 0 Å². The number of hydrogen-bond donors (Lipinski definition) is 0. The van der Waals surface area contributed by atoms with Gasteiger partial charge in [-0.05, 0) is 6.07 Å². The van der Waals surface area contributed by atoms with Gasteiger partial charge in [0.15, 0.2) is 11.6 Å². The Kier molecular flexibility index (Phi) is 3.03. The number of nitro groups is 1. The van der Waals surface area contributed by atoms with Crippen LogP contribution in [0.15, 0.2) is 12.1 Å². The van der Waals surface area contributed by atoms with Crippen LogP contribution in [-0.4, -0.2) is 17.3 Å². The number of hydrogen-bond acceptors (Lipinski definition) is 3. The fourth-order valence-corrected chi connectivity index (χ4v) is 0.939. The van der Waals surface area contributed by atoms with Crippen molar-refractivity contribution in [2.45, 2.75) is 0 Å². The Morgan fingerprint density at radius 3 is 2.27 bits per heavy atom. The van der Waals surface area contributed by atoms with Gasteiger partial charge in [-0.3, -0.25) is 14.9 Å². The van der Waals surface area contributed by atoms with Crippen molar-refractivity contribution in [2.75, 3.05) is 6.54 Å². The van der Waals surface area contributed by atoms with Gasteiger partial charge in [-0.2, -0.15) is 0 Å². The van der Waals surface area contributed by atoms with E-state index in [4.69, 9.17) is 0 Å². The average molecular weight is 219 g/mol. The van der Waals surface area contributed by atoms with Crippen LogP contribution in [0.25, 0.3) is 0 Å². The normalized spacial score (nSPS) is 10.1. The first-order valence-corrected chi connectivity index (χ1v) is 3.71. The Morgan fingerprint density at radius 2 is 1.73 bits per heavy atom. The molecule has 80 valence electrons. The standard InChI is InChI=1S/C8H4F3NO3/c9-5-2-7(11)6(10)1-4(5)8(13)3-12(14)15/h1-2H,3H2. The van der Waals surface area contributed by atoms with Crippen molar-refractivity contribution in [3.8, 4) is 0 Å². The molecule has 0 saturated carbocycles. The summed E-state index contributed by atoms with van der Waals surface area (Å²) in [5.41, 5.74) is -0.828. The third-order valence-electron chi connectivity index (χ3n) is 1.58. The summed E-state index contributed by atoms with van der Waals surface area (Å²) in [6.45, 7) is -1.16. The zero-order chi connectivity index (χ0) is 11.6. The van der Waals surface area contributed by atoms with Gasteiger partial charge in [0.1, 0.15) is 5.82 Å².